The number of aryl methyl sites for hydroxylation is 3. The number of carboxylic acid groups (broad SMARTS) is 1. The smallest absolute Gasteiger partial charge is 0.356 e. The maximum atomic E-state index is 11.0. The highest BCUT2D eigenvalue weighted by Gasteiger charge is 2.17. The molecule has 0 aliphatic carbocycles. The summed E-state index contributed by atoms with van der Waals surface area (Å²) in [5.41, 5.74) is 3.68. The van der Waals surface area contributed by atoms with Gasteiger partial charge >= 0.3 is 5.97 Å². The van der Waals surface area contributed by atoms with E-state index in [9.17, 15) is 4.79 Å². The molecule has 0 amide bonds. The van der Waals surface area contributed by atoms with Gasteiger partial charge in [0.2, 0.25) is 0 Å². The summed E-state index contributed by atoms with van der Waals surface area (Å²) in [6.45, 7) is 1.94. The summed E-state index contributed by atoms with van der Waals surface area (Å²) in [6.07, 6.45) is 0. The van der Waals surface area contributed by atoms with Crippen molar-refractivity contribution in [3.63, 3.8) is 0 Å². The molecule has 0 bridgehead atoms. The first kappa shape index (κ1) is 12.4. The fourth-order valence-electron chi connectivity index (χ4n) is 2.56. The van der Waals surface area contributed by atoms with E-state index in [-0.39, 0.29) is 5.69 Å². The van der Waals surface area contributed by atoms with Crippen molar-refractivity contribution in [2.24, 2.45) is 14.1 Å². The topological polar surface area (TPSA) is 72.9 Å². The Hall–Kier alpha value is -2.63. The van der Waals surface area contributed by atoms with Crippen molar-refractivity contribution in [1.82, 2.24) is 19.6 Å². The number of carboxylic acids is 1. The molecular formula is C14H14N4O2. The van der Waals surface area contributed by atoms with Crippen LogP contribution in [0, 0.1) is 6.92 Å². The van der Waals surface area contributed by atoms with Crippen LogP contribution in [-0.2, 0) is 14.1 Å². The van der Waals surface area contributed by atoms with Gasteiger partial charge in [-0.25, -0.2) is 4.79 Å². The van der Waals surface area contributed by atoms with E-state index in [0.29, 0.717) is 0 Å². The standard InChI is InChI=1S/C14H14N4O2/c1-8-13-9(5-4-6-11(13)17(2)15-8)12-7-10(14(19)20)16-18(12)3/h4-7H,1-3H3,(H,19,20). The molecule has 3 aromatic rings. The first-order chi connectivity index (χ1) is 9.49. The SMILES string of the molecule is Cc1nn(C)c2cccc(-c3cc(C(=O)O)nn3C)c12. The van der Waals surface area contributed by atoms with E-state index in [4.69, 9.17) is 5.11 Å². The number of rotatable bonds is 2. The zero-order chi connectivity index (χ0) is 14.4. The van der Waals surface area contributed by atoms with Crippen LogP contribution in [0.25, 0.3) is 22.2 Å². The predicted octanol–water partition coefficient (Wildman–Crippen LogP) is 1.98. The largest absolute Gasteiger partial charge is 0.476 e. The van der Waals surface area contributed by atoms with E-state index >= 15 is 0 Å². The van der Waals surface area contributed by atoms with Crippen LogP contribution >= 0.6 is 0 Å². The van der Waals surface area contributed by atoms with Crippen LogP contribution in [0.15, 0.2) is 24.3 Å². The minimum absolute atomic E-state index is 0.0426. The van der Waals surface area contributed by atoms with Crippen molar-refractivity contribution in [3.05, 3.63) is 35.7 Å². The molecule has 0 radical (unpaired) electrons. The lowest BCUT2D eigenvalue weighted by Gasteiger charge is -2.04. The van der Waals surface area contributed by atoms with Gasteiger partial charge in [0.25, 0.3) is 0 Å². The average Bonchev–Trinajstić information content (AvgIpc) is 2.92. The molecule has 6 nitrogen and oxygen atoms in total. The fraction of sp³-hybridized carbons (Fsp3) is 0.214. The van der Waals surface area contributed by atoms with Gasteiger partial charge < -0.3 is 5.11 Å². The minimum Gasteiger partial charge on any atom is -0.476 e. The molecule has 0 atom stereocenters. The van der Waals surface area contributed by atoms with Crippen LogP contribution in [0.1, 0.15) is 16.2 Å². The van der Waals surface area contributed by atoms with E-state index in [1.54, 1.807) is 17.8 Å². The fourth-order valence-corrected chi connectivity index (χ4v) is 2.56. The Balaban J connectivity index is 2.32. The molecule has 0 aliphatic rings. The lowest BCUT2D eigenvalue weighted by atomic mass is 10.0. The van der Waals surface area contributed by atoms with Gasteiger partial charge in [0, 0.05) is 25.0 Å². The Morgan fingerprint density at radius 2 is 1.95 bits per heavy atom. The van der Waals surface area contributed by atoms with Crippen LogP contribution in [0.4, 0.5) is 0 Å². The van der Waals surface area contributed by atoms with Crippen LogP contribution < -0.4 is 0 Å². The summed E-state index contributed by atoms with van der Waals surface area (Å²) in [5.74, 6) is -1.03. The predicted molar refractivity (Wildman–Crippen MR) is 74.6 cm³/mol. The Bertz CT molecular complexity index is 829. The number of carbonyl (C=O) groups is 1. The van der Waals surface area contributed by atoms with E-state index in [1.807, 2.05) is 36.9 Å². The van der Waals surface area contributed by atoms with Crippen molar-refractivity contribution < 1.29 is 9.90 Å². The third kappa shape index (κ3) is 1.69. The number of benzene rings is 1. The number of aromatic nitrogens is 4. The number of nitrogens with zero attached hydrogens (tertiary/aromatic N) is 4. The van der Waals surface area contributed by atoms with Gasteiger partial charge in [-0.3, -0.25) is 9.36 Å². The maximum Gasteiger partial charge on any atom is 0.356 e. The highest BCUT2D eigenvalue weighted by Crippen LogP contribution is 2.30. The molecule has 6 heteroatoms. The molecule has 2 aromatic heterocycles. The second kappa shape index (κ2) is 4.19. The second-order valence-electron chi connectivity index (χ2n) is 4.75. The maximum absolute atomic E-state index is 11.0. The summed E-state index contributed by atoms with van der Waals surface area (Å²) < 4.78 is 3.41. The lowest BCUT2D eigenvalue weighted by molar-refractivity contribution is 0.0689. The van der Waals surface area contributed by atoms with Crippen molar-refractivity contribution in [1.29, 1.82) is 0 Å². The first-order valence-corrected chi connectivity index (χ1v) is 6.19. The highest BCUT2D eigenvalue weighted by atomic mass is 16.4. The molecule has 102 valence electrons. The van der Waals surface area contributed by atoms with Gasteiger partial charge in [-0.15, -0.1) is 0 Å². The molecule has 0 saturated carbocycles. The highest BCUT2D eigenvalue weighted by molar-refractivity contribution is 5.97. The number of hydrogen-bond donors (Lipinski definition) is 1. The molecule has 0 spiro atoms. The van der Waals surface area contributed by atoms with Crippen LogP contribution in [-0.4, -0.2) is 30.6 Å². The molecule has 2 heterocycles. The number of aromatic carboxylic acids is 1. The summed E-state index contributed by atoms with van der Waals surface area (Å²) in [7, 11) is 3.64. The van der Waals surface area contributed by atoms with Gasteiger partial charge in [-0.2, -0.15) is 10.2 Å². The van der Waals surface area contributed by atoms with Gasteiger partial charge in [0.1, 0.15) is 0 Å². The quantitative estimate of drug-likeness (QED) is 0.772. The average molecular weight is 270 g/mol. The van der Waals surface area contributed by atoms with Gasteiger partial charge in [0.05, 0.1) is 16.9 Å². The zero-order valence-corrected chi connectivity index (χ0v) is 11.5. The van der Waals surface area contributed by atoms with E-state index in [0.717, 1.165) is 27.9 Å². The molecule has 0 aliphatic heterocycles. The van der Waals surface area contributed by atoms with Crippen LogP contribution in [0.2, 0.25) is 0 Å². The monoisotopic (exact) mass is 270 g/mol. The summed E-state index contributed by atoms with van der Waals surface area (Å²) in [6, 6.07) is 7.47. The molecule has 3 rings (SSSR count). The Labute approximate surface area is 115 Å². The van der Waals surface area contributed by atoms with Crippen molar-refractivity contribution in [2.75, 3.05) is 0 Å². The second-order valence-corrected chi connectivity index (χ2v) is 4.75. The Morgan fingerprint density at radius 3 is 2.60 bits per heavy atom. The van der Waals surface area contributed by atoms with Crippen LogP contribution in [0.3, 0.4) is 0 Å². The van der Waals surface area contributed by atoms with E-state index in [1.165, 1.54) is 0 Å². The molecule has 0 saturated heterocycles. The summed E-state index contributed by atoms with van der Waals surface area (Å²) in [5, 5.41) is 18.5. The lowest BCUT2D eigenvalue weighted by Crippen LogP contribution is -1.99. The van der Waals surface area contributed by atoms with Gasteiger partial charge in [0.15, 0.2) is 5.69 Å². The Morgan fingerprint density at radius 1 is 1.20 bits per heavy atom. The molecule has 1 N–H and O–H groups in total. The zero-order valence-electron chi connectivity index (χ0n) is 11.5. The number of hydrogen-bond acceptors (Lipinski definition) is 3. The third-order valence-electron chi connectivity index (χ3n) is 3.43. The Kier molecular flexibility index (Phi) is 2.60. The van der Waals surface area contributed by atoms with E-state index < -0.39 is 5.97 Å². The van der Waals surface area contributed by atoms with Crippen molar-refractivity contribution >= 4 is 16.9 Å². The number of fused-ring (bicyclic) bond motifs is 1. The normalized spacial score (nSPS) is 11.2. The van der Waals surface area contributed by atoms with Gasteiger partial charge in [-0.05, 0) is 19.1 Å². The third-order valence-corrected chi connectivity index (χ3v) is 3.43. The molecular weight excluding hydrogens is 256 g/mol. The summed E-state index contributed by atoms with van der Waals surface area (Å²) >= 11 is 0. The van der Waals surface area contributed by atoms with Crippen molar-refractivity contribution in [3.8, 4) is 11.3 Å². The molecule has 0 fully saturated rings. The van der Waals surface area contributed by atoms with E-state index in [2.05, 4.69) is 10.2 Å². The van der Waals surface area contributed by atoms with Gasteiger partial charge in [-0.1, -0.05) is 12.1 Å². The molecule has 20 heavy (non-hydrogen) atoms. The molecule has 0 unspecified atom stereocenters. The minimum atomic E-state index is -1.03. The first-order valence-electron chi connectivity index (χ1n) is 6.19. The van der Waals surface area contributed by atoms with Crippen molar-refractivity contribution in [2.45, 2.75) is 6.92 Å². The van der Waals surface area contributed by atoms with Crippen LogP contribution in [0.5, 0.6) is 0 Å². The summed E-state index contributed by atoms with van der Waals surface area (Å²) in [4.78, 5) is 11.0. The molecule has 1 aromatic carbocycles.